The van der Waals surface area contributed by atoms with Crippen LogP contribution in [0.2, 0.25) is 0 Å². The van der Waals surface area contributed by atoms with Crippen LogP contribution in [-0.4, -0.2) is 10.9 Å². The van der Waals surface area contributed by atoms with E-state index in [9.17, 15) is 4.79 Å². The molecule has 0 saturated carbocycles. The maximum atomic E-state index is 12.0. The van der Waals surface area contributed by atoms with Crippen LogP contribution >= 0.6 is 0 Å². The second-order valence-electron chi connectivity index (χ2n) is 4.96. The van der Waals surface area contributed by atoms with Crippen molar-refractivity contribution in [3.8, 4) is 0 Å². The van der Waals surface area contributed by atoms with Gasteiger partial charge in [-0.2, -0.15) is 0 Å². The van der Waals surface area contributed by atoms with Gasteiger partial charge in [-0.3, -0.25) is 9.78 Å². The molecule has 3 N–H and O–H groups in total. The summed E-state index contributed by atoms with van der Waals surface area (Å²) in [5.74, 6) is -0.0460. The summed E-state index contributed by atoms with van der Waals surface area (Å²) in [6.07, 6.45) is 1.82. The molecule has 0 saturated heterocycles. The molecule has 20 heavy (non-hydrogen) atoms. The fraction of sp³-hybridized carbons (Fsp3) is 0.250. The Bertz CT molecular complexity index is 576. The molecule has 0 bridgehead atoms. The number of hydrogen-bond acceptors (Lipinski definition) is 3. The molecule has 1 atom stereocenters. The number of pyridine rings is 1. The molecule has 0 spiro atoms. The molecule has 0 fully saturated rings. The van der Waals surface area contributed by atoms with Gasteiger partial charge >= 0.3 is 0 Å². The molecule has 0 aliphatic carbocycles. The second kappa shape index (κ2) is 6.19. The lowest BCUT2D eigenvalue weighted by atomic mass is 10.1. The number of rotatable bonds is 4. The zero-order chi connectivity index (χ0) is 14.5. The Morgan fingerprint density at radius 1 is 1.25 bits per heavy atom. The van der Waals surface area contributed by atoms with Gasteiger partial charge in [0.1, 0.15) is 0 Å². The number of nitrogen functional groups attached to an aromatic ring is 1. The van der Waals surface area contributed by atoms with Crippen molar-refractivity contribution in [2.45, 2.75) is 26.3 Å². The Hall–Kier alpha value is -2.36. The van der Waals surface area contributed by atoms with Crippen molar-refractivity contribution >= 4 is 11.6 Å². The van der Waals surface area contributed by atoms with Crippen LogP contribution in [0.3, 0.4) is 0 Å². The molecule has 1 aromatic carbocycles. The van der Waals surface area contributed by atoms with Crippen LogP contribution in [0.15, 0.2) is 42.6 Å². The molecule has 0 unspecified atom stereocenters. The molecule has 1 amide bonds. The number of amides is 1. The second-order valence-corrected chi connectivity index (χ2v) is 4.96. The van der Waals surface area contributed by atoms with E-state index < -0.39 is 0 Å². The topological polar surface area (TPSA) is 68.0 Å². The van der Waals surface area contributed by atoms with Crippen LogP contribution in [0.5, 0.6) is 0 Å². The lowest BCUT2D eigenvalue weighted by Crippen LogP contribution is -2.28. The van der Waals surface area contributed by atoms with Crippen LogP contribution in [0.1, 0.15) is 29.8 Å². The number of nitrogens with two attached hydrogens (primary N) is 1. The summed E-state index contributed by atoms with van der Waals surface area (Å²) in [6.45, 7) is 4.01. The number of nitrogens with one attached hydrogen (secondary N) is 1. The number of hydrogen-bond donors (Lipinski definition) is 2. The first-order chi connectivity index (χ1) is 9.54. The first-order valence-corrected chi connectivity index (χ1v) is 6.61. The molecule has 104 valence electrons. The number of nitrogens with zero attached hydrogens (tertiary/aromatic N) is 1. The number of anilines is 1. The first-order valence-electron chi connectivity index (χ1n) is 6.61. The highest BCUT2D eigenvalue weighted by Crippen LogP contribution is 2.13. The molecule has 0 aliphatic heterocycles. The third-order valence-electron chi connectivity index (χ3n) is 3.14. The smallest absolute Gasteiger partial charge is 0.226 e. The minimum Gasteiger partial charge on any atom is -0.397 e. The maximum Gasteiger partial charge on any atom is 0.226 e. The van der Waals surface area contributed by atoms with Gasteiger partial charge in [0, 0.05) is 5.69 Å². The lowest BCUT2D eigenvalue weighted by Gasteiger charge is -2.14. The molecule has 2 aromatic rings. The van der Waals surface area contributed by atoms with E-state index in [1.54, 1.807) is 18.3 Å². The van der Waals surface area contributed by atoms with Gasteiger partial charge in [0.2, 0.25) is 5.91 Å². The van der Waals surface area contributed by atoms with E-state index in [0.29, 0.717) is 11.4 Å². The fourth-order valence-electron chi connectivity index (χ4n) is 1.94. The van der Waals surface area contributed by atoms with E-state index in [-0.39, 0.29) is 18.4 Å². The van der Waals surface area contributed by atoms with Crippen LogP contribution in [-0.2, 0) is 11.2 Å². The monoisotopic (exact) mass is 269 g/mol. The van der Waals surface area contributed by atoms with E-state index in [4.69, 9.17) is 5.73 Å². The number of aromatic nitrogens is 1. The van der Waals surface area contributed by atoms with Crippen molar-refractivity contribution in [3.63, 3.8) is 0 Å². The minimum atomic E-state index is -0.0460. The highest BCUT2D eigenvalue weighted by Gasteiger charge is 2.10. The van der Waals surface area contributed by atoms with Crippen molar-refractivity contribution in [1.29, 1.82) is 0 Å². The molecular formula is C16H19N3O. The van der Waals surface area contributed by atoms with E-state index >= 15 is 0 Å². The lowest BCUT2D eigenvalue weighted by molar-refractivity contribution is -0.121. The zero-order valence-corrected chi connectivity index (χ0v) is 11.8. The van der Waals surface area contributed by atoms with Crippen molar-refractivity contribution in [1.82, 2.24) is 10.3 Å². The first kappa shape index (κ1) is 14.1. The molecule has 4 heteroatoms. The van der Waals surface area contributed by atoms with Gasteiger partial charge in [-0.15, -0.1) is 0 Å². The Morgan fingerprint density at radius 3 is 2.55 bits per heavy atom. The average Bonchev–Trinajstić information content (AvgIpc) is 2.42. The van der Waals surface area contributed by atoms with Gasteiger partial charge < -0.3 is 11.1 Å². The van der Waals surface area contributed by atoms with Gasteiger partial charge in [0.05, 0.1) is 24.3 Å². The molecule has 0 radical (unpaired) electrons. The number of aryl methyl sites for hydroxylation is 1. The quantitative estimate of drug-likeness (QED) is 0.895. The molecular weight excluding hydrogens is 250 g/mol. The highest BCUT2D eigenvalue weighted by molar-refractivity contribution is 5.78. The predicted octanol–water partition coefficient (Wildman–Crippen LogP) is 2.39. The maximum absolute atomic E-state index is 12.0. The SMILES string of the molecule is Cc1ccc([C@@H](C)NC(=O)Cc2ccc(N)cn2)cc1. The molecule has 1 heterocycles. The van der Waals surface area contributed by atoms with Crippen molar-refractivity contribution < 1.29 is 4.79 Å². The number of carbonyl (C=O) groups is 1. The summed E-state index contributed by atoms with van der Waals surface area (Å²) >= 11 is 0. The third-order valence-corrected chi connectivity index (χ3v) is 3.14. The zero-order valence-electron chi connectivity index (χ0n) is 11.8. The van der Waals surface area contributed by atoms with E-state index in [1.807, 2.05) is 38.1 Å². The van der Waals surface area contributed by atoms with Gasteiger partial charge in [-0.05, 0) is 31.5 Å². The highest BCUT2D eigenvalue weighted by atomic mass is 16.1. The predicted molar refractivity (Wildman–Crippen MR) is 80.1 cm³/mol. The summed E-state index contributed by atoms with van der Waals surface area (Å²) in [5, 5.41) is 2.97. The summed E-state index contributed by atoms with van der Waals surface area (Å²) in [5.41, 5.74) is 9.18. The standard InChI is InChI=1S/C16H19N3O/c1-11-3-5-13(6-4-11)12(2)19-16(20)9-15-8-7-14(17)10-18-15/h3-8,10,12H,9,17H2,1-2H3,(H,19,20)/t12-/m1/s1. The largest absolute Gasteiger partial charge is 0.397 e. The van der Waals surface area contributed by atoms with Crippen LogP contribution < -0.4 is 11.1 Å². The van der Waals surface area contributed by atoms with Crippen LogP contribution in [0.25, 0.3) is 0 Å². The molecule has 1 aromatic heterocycles. The number of benzene rings is 1. The van der Waals surface area contributed by atoms with Gasteiger partial charge in [0.15, 0.2) is 0 Å². The molecule has 0 aliphatic rings. The van der Waals surface area contributed by atoms with Crippen molar-refractivity contribution in [2.24, 2.45) is 0 Å². The van der Waals surface area contributed by atoms with Gasteiger partial charge in [-0.25, -0.2) is 0 Å². The third kappa shape index (κ3) is 3.82. The fourth-order valence-corrected chi connectivity index (χ4v) is 1.94. The Morgan fingerprint density at radius 2 is 1.95 bits per heavy atom. The molecule has 4 nitrogen and oxygen atoms in total. The Labute approximate surface area is 119 Å². The van der Waals surface area contributed by atoms with E-state index in [1.165, 1.54) is 5.56 Å². The Kier molecular flexibility index (Phi) is 4.35. The summed E-state index contributed by atoms with van der Waals surface area (Å²) in [7, 11) is 0. The summed E-state index contributed by atoms with van der Waals surface area (Å²) in [6, 6.07) is 11.6. The number of carbonyl (C=O) groups excluding carboxylic acids is 1. The minimum absolute atomic E-state index is 0.0168. The summed E-state index contributed by atoms with van der Waals surface area (Å²) in [4.78, 5) is 16.1. The van der Waals surface area contributed by atoms with Gasteiger partial charge in [0.25, 0.3) is 0 Å². The molecule has 2 rings (SSSR count). The summed E-state index contributed by atoms with van der Waals surface area (Å²) < 4.78 is 0. The van der Waals surface area contributed by atoms with E-state index in [2.05, 4.69) is 10.3 Å². The average molecular weight is 269 g/mol. The van der Waals surface area contributed by atoms with Crippen molar-refractivity contribution in [3.05, 3.63) is 59.4 Å². The van der Waals surface area contributed by atoms with E-state index in [0.717, 1.165) is 5.56 Å². The van der Waals surface area contributed by atoms with Crippen LogP contribution in [0.4, 0.5) is 5.69 Å². The normalized spacial score (nSPS) is 11.9. The van der Waals surface area contributed by atoms with Crippen molar-refractivity contribution in [2.75, 3.05) is 5.73 Å². The Balaban J connectivity index is 1.93. The van der Waals surface area contributed by atoms with Gasteiger partial charge in [-0.1, -0.05) is 29.8 Å². The van der Waals surface area contributed by atoms with Crippen LogP contribution in [0, 0.1) is 6.92 Å².